The number of carbonyl (C=O) groups is 1. The molecule has 0 bridgehead atoms. The first-order valence-electron chi connectivity index (χ1n) is 10.1. The zero-order chi connectivity index (χ0) is 21.9. The molecule has 0 saturated carbocycles. The van der Waals surface area contributed by atoms with Gasteiger partial charge in [-0.3, -0.25) is 9.79 Å². The summed E-state index contributed by atoms with van der Waals surface area (Å²) in [5.74, 6) is 1.12. The second-order valence-corrected chi connectivity index (χ2v) is 7.35. The van der Waals surface area contributed by atoms with E-state index in [9.17, 15) is 9.18 Å². The Morgan fingerprint density at radius 1 is 1.13 bits per heavy atom. The average Bonchev–Trinajstić information content (AvgIpc) is 2.70. The number of ether oxygens (including phenoxy) is 1. The molecule has 0 heterocycles. The van der Waals surface area contributed by atoms with Crippen LogP contribution in [0.1, 0.15) is 25.8 Å². The Morgan fingerprint density at radius 3 is 2.47 bits per heavy atom. The number of aliphatic imine (C=N–C) groups is 1. The molecule has 0 unspecified atom stereocenters. The number of nitrogens with zero attached hydrogens (tertiary/aromatic N) is 2. The van der Waals surface area contributed by atoms with Gasteiger partial charge in [0.15, 0.2) is 5.96 Å². The van der Waals surface area contributed by atoms with E-state index in [2.05, 4.69) is 15.6 Å². The zero-order valence-electron chi connectivity index (χ0n) is 18.1. The third-order valence-electron chi connectivity index (χ3n) is 4.23. The van der Waals surface area contributed by atoms with Crippen molar-refractivity contribution >= 4 is 17.6 Å². The fourth-order valence-electron chi connectivity index (χ4n) is 2.67. The van der Waals surface area contributed by atoms with Crippen molar-refractivity contribution in [2.75, 3.05) is 32.5 Å². The van der Waals surface area contributed by atoms with Crippen LogP contribution in [0.3, 0.4) is 0 Å². The molecule has 0 fully saturated rings. The number of hydrogen-bond donors (Lipinski definition) is 2. The van der Waals surface area contributed by atoms with Crippen molar-refractivity contribution < 1.29 is 13.9 Å². The molecule has 6 nitrogen and oxygen atoms in total. The molecule has 0 saturated heterocycles. The van der Waals surface area contributed by atoms with Crippen molar-refractivity contribution in [3.63, 3.8) is 0 Å². The summed E-state index contributed by atoms with van der Waals surface area (Å²) in [5, 5.41) is 6.44. The summed E-state index contributed by atoms with van der Waals surface area (Å²) >= 11 is 0. The monoisotopic (exact) mass is 414 g/mol. The summed E-state index contributed by atoms with van der Waals surface area (Å²) in [6, 6.07) is 14.3. The molecule has 2 N–H and O–H groups in total. The van der Waals surface area contributed by atoms with Gasteiger partial charge < -0.3 is 20.3 Å². The Kier molecular flexibility index (Phi) is 9.12. The van der Waals surface area contributed by atoms with Crippen molar-refractivity contribution in [3.8, 4) is 5.75 Å². The van der Waals surface area contributed by atoms with E-state index in [-0.39, 0.29) is 17.8 Å². The van der Waals surface area contributed by atoms with E-state index >= 15 is 0 Å². The molecule has 0 spiro atoms. The van der Waals surface area contributed by atoms with Crippen LogP contribution in [0.4, 0.5) is 10.1 Å². The van der Waals surface area contributed by atoms with Crippen molar-refractivity contribution in [1.29, 1.82) is 0 Å². The fraction of sp³-hybridized carbons (Fsp3) is 0.391. The Balaban J connectivity index is 2.00. The zero-order valence-corrected chi connectivity index (χ0v) is 18.1. The van der Waals surface area contributed by atoms with Gasteiger partial charge in [-0.2, -0.15) is 0 Å². The predicted octanol–water partition coefficient (Wildman–Crippen LogP) is 3.69. The number of benzene rings is 2. The molecule has 0 aromatic heterocycles. The standard InChI is InChI=1S/C23H31FN4O2/c1-17(2)30-20-11-9-19(10-12-20)27-23(26-16-14-22(29)28(3)4)25-15-13-18-7-5-6-8-21(18)24/h5-12,17H,13-16H2,1-4H3,(H2,25,26,27). The van der Waals surface area contributed by atoms with E-state index in [0.717, 1.165) is 11.4 Å². The minimum Gasteiger partial charge on any atom is -0.491 e. The third kappa shape index (κ3) is 8.11. The highest BCUT2D eigenvalue weighted by molar-refractivity contribution is 5.93. The van der Waals surface area contributed by atoms with Crippen LogP contribution >= 0.6 is 0 Å². The van der Waals surface area contributed by atoms with Crippen molar-refractivity contribution in [2.45, 2.75) is 32.8 Å². The highest BCUT2D eigenvalue weighted by atomic mass is 19.1. The van der Waals surface area contributed by atoms with E-state index in [4.69, 9.17) is 4.74 Å². The Labute approximate surface area is 178 Å². The minimum absolute atomic E-state index is 0.0136. The van der Waals surface area contributed by atoms with Crippen molar-refractivity contribution in [3.05, 3.63) is 59.9 Å². The van der Waals surface area contributed by atoms with Crippen LogP contribution in [0.25, 0.3) is 0 Å². The molecule has 0 aliphatic heterocycles. The Bertz CT molecular complexity index is 835. The largest absolute Gasteiger partial charge is 0.491 e. The number of amides is 1. The summed E-state index contributed by atoms with van der Waals surface area (Å²) in [4.78, 5) is 17.8. The van der Waals surface area contributed by atoms with Gasteiger partial charge in [0.1, 0.15) is 11.6 Å². The fourth-order valence-corrected chi connectivity index (χ4v) is 2.67. The van der Waals surface area contributed by atoms with Gasteiger partial charge in [0.2, 0.25) is 5.91 Å². The minimum atomic E-state index is -0.219. The third-order valence-corrected chi connectivity index (χ3v) is 4.23. The molecule has 0 atom stereocenters. The molecule has 1 amide bonds. The molecule has 2 aromatic rings. The number of anilines is 1. The van der Waals surface area contributed by atoms with E-state index in [1.165, 1.54) is 6.07 Å². The number of hydrogen-bond acceptors (Lipinski definition) is 3. The van der Waals surface area contributed by atoms with Crippen LogP contribution in [0.15, 0.2) is 53.5 Å². The second-order valence-electron chi connectivity index (χ2n) is 7.35. The SMILES string of the molecule is CC(C)Oc1ccc(NC(=NCCC(=O)N(C)C)NCCc2ccccc2F)cc1. The smallest absolute Gasteiger partial charge is 0.223 e. The molecule has 0 aliphatic carbocycles. The quantitative estimate of drug-likeness (QED) is 0.485. The average molecular weight is 415 g/mol. The maximum absolute atomic E-state index is 13.8. The molecule has 2 rings (SSSR count). The number of halogens is 1. The molecular weight excluding hydrogens is 383 g/mol. The second kappa shape index (κ2) is 11.8. The van der Waals surface area contributed by atoms with Gasteiger partial charge in [0, 0.05) is 32.7 Å². The lowest BCUT2D eigenvalue weighted by Crippen LogP contribution is -2.33. The molecule has 0 radical (unpaired) electrons. The number of nitrogens with one attached hydrogen (secondary N) is 2. The number of carbonyl (C=O) groups excluding carboxylic acids is 1. The lowest BCUT2D eigenvalue weighted by Gasteiger charge is -2.15. The van der Waals surface area contributed by atoms with Gasteiger partial charge in [-0.25, -0.2) is 4.39 Å². The number of guanidine groups is 1. The maximum Gasteiger partial charge on any atom is 0.223 e. The van der Waals surface area contributed by atoms with Crippen LogP contribution < -0.4 is 15.4 Å². The van der Waals surface area contributed by atoms with Gasteiger partial charge in [-0.05, 0) is 56.2 Å². The molecule has 30 heavy (non-hydrogen) atoms. The number of rotatable bonds is 9. The maximum atomic E-state index is 13.8. The first-order chi connectivity index (χ1) is 14.3. The summed E-state index contributed by atoms with van der Waals surface area (Å²) in [5.41, 5.74) is 1.48. The van der Waals surface area contributed by atoms with Crippen LogP contribution in [-0.4, -0.2) is 50.1 Å². The summed E-state index contributed by atoms with van der Waals surface area (Å²) < 4.78 is 19.5. The van der Waals surface area contributed by atoms with E-state index in [1.807, 2.05) is 44.2 Å². The van der Waals surface area contributed by atoms with Crippen molar-refractivity contribution in [1.82, 2.24) is 10.2 Å². The molecule has 0 aliphatic rings. The summed E-state index contributed by atoms with van der Waals surface area (Å²) in [6.45, 7) is 4.81. The summed E-state index contributed by atoms with van der Waals surface area (Å²) in [6.07, 6.45) is 0.940. The molecule has 2 aromatic carbocycles. The van der Waals surface area contributed by atoms with Crippen molar-refractivity contribution in [2.24, 2.45) is 4.99 Å². The van der Waals surface area contributed by atoms with Gasteiger partial charge in [-0.1, -0.05) is 18.2 Å². The highest BCUT2D eigenvalue weighted by Gasteiger charge is 2.06. The topological polar surface area (TPSA) is 66.0 Å². The normalized spacial score (nSPS) is 11.3. The first-order valence-corrected chi connectivity index (χ1v) is 10.1. The van der Waals surface area contributed by atoms with E-state index in [1.54, 1.807) is 31.1 Å². The van der Waals surface area contributed by atoms with Crippen LogP contribution in [0, 0.1) is 5.82 Å². The first kappa shape index (κ1) is 23.2. The molecular formula is C23H31FN4O2. The lowest BCUT2D eigenvalue weighted by molar-refractivity contribution is -0.128. The van der Waals surface area contributed by atoms with E-state index in [0.29, 0.717) is 37.5 Å². The van der Waals surface area contributed by atoms with Crippen LogP contribution in [0.2, 0.25) is 0 Å². The molecule has 162 valence electrons. The van der Waals surface area contributed by atoms with Crippen LogP contribution in [-0.2, 0) is 11.2 Å². The lowest BCUT2D eigenvalue weighted by atomic mass is 10.1. The van der Waals surface area contributed by atoms with Gasteiger partial charge in [0.05, 0.1) is 12.6 Å². The van der Waals surface area contributed by atoms with Gasteiger partial charge in [-0.15, -0.1) is 0 Å². The van der Waals surface area contributed by atoms with E-state index < -0.39 is 0 Å². The van der Waals surface area contributed by atoms with Gasteiger partial charge in [0.25, 0.3) is 0 Å². The van der Waals surface area contributed by atoms with Crippen LogP contribution in [0.5, 0.6) is 5.75 Å². The highest BCUT2D eigenvalue weighted by Crippen LogP contribution is 2.17. The van der Waals surface area contributed by atoms with Gasteiger partial charge >= 0.3 is 0 Å². The predicted molar refractivity (Wildman–Crippen MR) is 120 cm³/mol. The Morgan fingerprint density at radius 2 is 1.83 bits per heavy atom. The molecule has 7 heteroatoms. The Hall–Kier alpha value is -3.09. The summed E-state index contributed by atoms with van der Waals surface area (Å²) in [7, 11) is 3.44.